The molecule has 1 aromatic heterocycles. The molecule has 1 amide bonds. The molecule has 1 N–H and O–H groups in total. The molecule has 6 heteroatoms. The summed E-state index contributed by atoms with van der Waals surface area (Å²) in [4.78, 5) is 20.4. The molecule has 6 nitrogen and oxygen atoms in total. The molecule has 1 aromatic carbocycles. The molecule has 0 unspecified atom stereocenters. The summed E-state index contributed by atoms with van der Waals surface area (Å²) in [7, 11) is 1.62. The quantitative estimate of drug-likeness (QED) is 0.427. The minimum Gasteiger partial charge on any atom is -0.481 e. The van der Waals surface area contributed by atoms with Crippen molar-refractivity contribution in [1.82, 2.24) is 10.3 Å². The van der Waals surface area contributed by atoms with E-state index in [2.05, 4.69) is 47.4 Å². The number of benzene rings is 1. The molecule has 3 rings (SSSR count). The Labute approximate surface area is 210 Å². The standard InChI is InChI=1S/C29H39N3O3/c1-6-9-12-22-19-21(4)31-29(34-5)26(22)20-30-28(33)25-13-10-14-27(24(25)11-7-2)32(8-3)23-15-17-35-18-16-23/h6-7,10,13-14,19,23H,1-2,8-9,11-12,15-18,20H2,3-5H3,(H,30,33). The van der Waals surface area contributed by atoms with Crippen molar-refractivity contribution in [3.63, 3.8) is 0 Å². The van der Waals surface area contributed by atoms with Crippen LogP contribution in [0.5, 0.6) is 5.88 Å². The molecule has 1 fully saturated rings. The fourth-order valence-corrected chi connectivity index (χ4v) is 4.88. The zero-order chi connectivity index (χ0) is 25.2. The molecule has 35 heavy (non-hydrogen) atoms. The lowest BCUT2D eigenvalue weighted by Crippen LogP contribution is -2.40. The predicted octanol–water partition coefficient (Wildman–Crippen LogP) is 5.18. The number of aromatic nitrogens is 1. The van der Waals surface area contributed by atoms with Gasteiger partial charge < -0.3 is 19.7 Å². The minimum absolute atomic E-state index is 0.107. The second-order valence-corrected chi connectivity index (χ2v) is 8.85. The summed E-state index contributed by atoms with van der Waals surface area (Å²) >= 11 is 0. The first-order valence-corrected chi connectivity index (χ1v) is 12.5. The topological polar surface area (TPSA) is 63.7 Å². The fraction of sp³-hybridized carbons (Fsp3) is 0.448. The van der Waals surface area contributed by atoms with E-state index >= 15 is 0 Å². The Bertz CT molecular complexity index is 1030. The van der Waals surface area contributed by atoms with Crippen molar-refractivity contribution >= 4 is 11.6 Å². The van der Waals surface area contributed by atoms with Gasteiger partial charge in [0.05, 0.1) is 7.11 Å². The number of amides is 1. The highest BCUT2D eigenvalue weighted by Crippen LogP contribution is 2.30. The summed E-state index contributed by atoms with van der Waals surface area (Å²) in [5.41, 5.74) is 5.71. The van der Waals surface area contributed by atoms with E-state index in [0.717, 1.165) is 73.5 Å². The molecule has 0 bridgehead atoms. The van der Waals surface area contributed by atoms with Crippen molar-refractivity contribution in [2.45, 2.75) is 58.5 Å². The number of carbonyl (C=O) groups excluding carboxylic acids is 1. The average Bonchev–Trinajstić information content (AvgIpc) is 2.88. The van der Waals surface area contributed by atoms with Gasteiger partial charge in [0.15, 0.2) is 0 Å². The first kappa shape index (κ1) is 26.5. The van der Waals surface area contributed by atoms with Crippen LogP contribution in [0.4, 0.5) is 5.69 Å². The number of rotatable bonds is 12. The third kappa shape index (κ3) is 6.51. The van der Waals surface area contributed by atoms with Crippen molar-refractivity contribution in [2.75, 3.05) is 31.8 Å². The maximum absolute atomic E-state index is 13.5. The number of nitrogens with zero attached hydrogens (tertiary/aromatic N) is 2. The summed E-state index contributed by atoms with van der Waals surface area (Å²) < 4.78 is 11.1. The van der Waals surface area contributed by atoms with Crippen molar-refractivity contribution in [1.29, 1.82) is 0 Å². The molecular formula is C29H39N3O3. The van der Waals surface area contributed by atoms with E-state index in [9.17, 15) is 4.79 Å². The van der Waals surface area contributed by atoms with Gasteiger partial charge in [0.25, 0.3) is 5.91 Å². The van der Waals surface area contributed by atoms with Crippen LogP contribution in [0.3, 0.4) is 0 Å². The predicted molar refractivity (Wildman–Crippen MR) is 142 cm³/mol. The van der Waals surface area contributed by atoms with Gasteiger partial charge in [-0.1, -0.05) is 18.2 Å². The maximum atomic E-state index is 13.5. The Balaban J connectivity index is 1.89. The Morgan fingerprint density at radius 3 is 2.69 bits per heavy atom. The van der Waals surface area contributed by atoms with Crippen LogP contribution in [0.2, 0.25) is 0 Å². The molecule has 0 aliphatic carbocycles. The molecule has 1 saturated heterocycles. The van der Waals surface area contributed by atoms with Gasteiger partial charge in [-0.15, -0.1) is 13.2 Å². The molecule has 188 valence electrons. The van der Waals surface area contributed by atoms with Gasteiger partial charge in [-0.3, -0.25) is 4.79 Å². The average molecular weight is 478 g/mol. The number of nitrogens with one attached hydrogen (secondary N) is 1. The number of hydrogen-bond donors (Lipinski definition) is 1. The first-order valence-electron chi connectivity index (χ1n) is 12.5. The Hall–Kier alpha value is -3.12. The van der Waals surface area contributed by atoms with E-state index in [-0.39, 0.29) is 5.91 Å². The molecule has 2 aromatic rings. The van der Waals surface area contributed by atoms with Gasteiger partial charge in [-0.2, -0.15) is 0 Å². The van der Waals surface area contributed by atoms with Gasteiger partial charge in [-0.05, 0) is 75.3 Å². The van der Waals surface area contributed by atoms with Gasteiger partial charge >= 0.3 is 0 Å². The summed E-state index contributed by atoms with van der Waals surface area (Å²) in [5, 5.41) is 3.13. The summed E-state index contributed by atoms with van der Waals surface area (Å²) in [6.07, 6.45) is 8.04. The molecule has 1 aliphatic heterocycles. The molecular weight excluding hydrogens is 438 g/mol. The Morgan fingerprint density at radius 2 is 2.03 bits per heavy atom. The van der Waals surface area contributed by atoms with Crippen LogP contribution in [-0.4, -0.2) is 43.8 Å². The van der Waals surface area contributed by atoms with Crippen LogP contribution < -0.4 is 15.0 Å². The normalized spacial score (nSPS) is 13.8. The number of pyridine rings is 1. The van der Waals surface area contributed by atoms with E-state index in [4.69, 9.17) is 9.47 Å². The van der Waals surface area contributed by atoms with Crippen molar-refractivity contribution in [3.05, 3.63) is 77.5 Å². The highest BCUT2D eigenvalue weighted by Gasteiger charge is 2.25. The number of carbonyl (C=O) groups is 1. The highest BCUT2D eigenvalue weighted by atomic mass is 16.5. The largest absolute Gasteiger partial charge is 0.481 e. The summed E-state index contributed by atoms with van der Waals surface area (Å²) in [6, 6.07) is 8.46. The third-order valence-corrected chi connectivity index (χ3v) is 6.57. The molecule has 2 heterocycles. The lowest BCUT2D eigenvalue weighted by atomic mass is 9.97. The van der Waals surface area contributed by atoms with Crippen LogP contribution >= 0.6 is 0 Å². The van der Waals surface area contributed by atoms with Gasteiger partial charge in [0, 0.05) is 54.9 Å². The van der Waals surface area contributed by atoms with E-state index in [1.54, 1.807) is 7.11 Å². The SMILES string of the molecule is C=CCCc1cc(C)nc(OC)c1CNC(=O)c1cccc(N(CC)C2CCOCC2)c1CC=C. The maximum Gasteiger partial charge on any atom is 0.251 e. The number of hydrogen-bond acceptors (Lipinski definition) is 5. The van der Waals surface area contributed by atoms with E-state index in [1.807, 2.05) is 31.2 Å². The zero-order valence-corrected chi connectivity index (χ0v) is 21.4. The van der Waals surface area contributed by atoms with Crippen molar-refractivity contribution < 1.29 is 14.3 Å². The summed E-state index contributed by atoms with van der Waals surface area (Å²) in [6.45, 7) is 14.7. The second kappa shape index (κ2) is 13.1. The minimum atomic E-state index is -0.107. The lowest BCUT2D eigenvalue weighted by Gasteiger charge is -2.37. The molecule has 0 saturated carbocycles. The van der Waals surface area contributed by atoms with Gasteiger partial charge in [-0.25, -0.2) is 4.98 Å². The first-order chi connectivity index (χ1) is 17.0. The number of aryl methyl sites for hydroxylation is 2. The Kier molecular flexibility index (Phi) is 9.91. The van der Waals surface area contributed by atoms with Crippen LogP contribution in [0.1, 0.15) is 58.9 Å². The van der Waals surface area contributed by atoms with Crippen LogP contribution in [-0.2, 0) is 24.1 Å². The highest BCUT2D eigenvalue weighted by molar-refractivity contribution is 5.97. The van der Waals surface area contributed by atoms with Gasteiger partial charge in [0.2, 0.25) is 5.88 Å². The Morgan fingerprint density at radius 1 is 1.26 bits per heavy atom. The zero-order valence-electron chi connectivity index (χ0n) is 21.4. The fourth-order valence-electron chi connectivity index (χ4n) is 4.88. The molecule has 0 atom stereocenters. The van der Waals surface area contributed by atoms with E-state index < -0.39 is 0 Å². The van der Waals surface area contributed by atoms with Crippen molar-refractivity contribution in [2.24, 2.45) is 0 Å². The number of allylic oxidation sites excluding steroid dienone is 2. The molecule has 1 aliphatic rings. The van der Waals surface area contributed by atoms with Crippen LogP contribution in [0.25, 0.3) is 0 Å². The summed E-state index contributed by atoms with van der Waals surface area (Å²) in [5.74, 6) is 0.449. The third-order valence-electron chi connectivity index (χ3n) is 6.57. The van der Waals surface area contributed by atoms with E-state index in [1.165, 1.54) is 0 Å². The van der Waals surface area contributed by atoms with Crippen molar-refractivity contribution in [3.8, 4) is 5.88 Å². The lowest BCUT2D eigenvalue weighted by molar-refractivity contribution is 0.0845. The van der Waals surface area contributed by atoms with Crippen LogP contribution in [0, 0.1) is 6.92 Å². The number of anilines is 1. The smallest absolute Gasteiger partial charge is 0.251 e. The molecule has 0 spiro atoms. The molecule has 0 radical (unpaired) electrons. The monoisotopic (exact) mass is 477 g/mol. The second-order valence-electron chi connectivity index (χ2n) is 8.85. The van der Waals surface area contributed by atoms with Crippen LogP contribution in [0.15, 0.2) is 49.6 Å². The van der Waals surface area contributed by atoms with E-state index in [0.29, 0.717) is 30.5 Å². The number of methoxy groups -OCH3 is 1. The number of ether oxygens (including phenoxy) is 2. The van der Waals surface area contributed by atoms with Gasteiger partial charge in [0.1, 0.15) is 0 Å².